The fraction of sp³-hybridized carbons (Fsp3) is 0.500. The predicted octanol–water partition coefficient (Wildman–Crippen LogP) is 1.28. The lowest BCUT2D eigenvalue weighted by molar-refractivity contribution is -0.122. The molecule has 1 amide bonds. The first-order valence-corrected chi connectivity index (χ1v) is 9.44. The van der Waals surface area contributed by atoms with Crippen molar-refractivity contribution in [3.63, 3.8) is 0 Å². The lowest BCUT2D eigenvalue weighted by Gasteiger charge is -2.35. The highest BCUT2D eigenvalue weighted by molar-refractivity contribution is 5.78. The number of hydrogen-bond acceptors (Lipinski definition) is 5. The number of rotatable bonds is 8. The van der Waals surface area contributed by atoms with E-state index >= 15 is 0 Å². The van der Waals surface area contributed by atoms with E-state index in [1.165, 1.54) is 11.3 Å². The number of amides is 1. The standard InChI is InChI=1S/C20H29N5O2/c1-17-4-3-5-18(12-17)24-8-6-23(7-9-24)15-20(26)22-14-19-13-21-16-25(19)10-11-27-2/h3-5,12-13,16H,6-11,14-15H2,1-2H3,(H,22,26). The van der Waals surface area contributed by atoms with Crippen LogP contribution in [0.25, 0.3) is 0 Å². The number of anilines is 1. The number of hydrogen-bond donors (Lipinski definition) is 1. The van der Waals surface area contributed by atoms with Crippen LogP contribution in [0, 0.1) is 6.92 Å². The van der Waals surface area contributed by atoms with Gasteiger partial charge in [-0.25, -0.2) is 4.98 Å². The molecule has 0 atom stereocenters. The zero-order valence-electron chi connectivity index (χ0n) is 16.2. The van der Waals surface area contributed by atoms with Crippen LogP contribution in [0.1, 0.15) is 11.3 Å². The van der Waals surface area contributed by atoms with E-state index in [1.54, 1.807) is 19.6 Å². The summed E-state index contributed by atoms with van der Waals surface area (Å²) in [6.45, 7) is 8.09. The second kappa shape index (κ2) is 9.53. The number of nitrogens with one attached hydrogen (secondary N) is 1. The molecule has 2 aromatic rings. The van der Waals surface area contributed by atoms with Crippen LogP contribution in [0.2, 0.25) is 0 Å². The van der Waals surface area contributed by atoms with Crippen molar-refractivity contribution in [1.29, 1.82) is 0 Å². The van der Waals surface area contributed by atoms with E-state index in [4.69, 9.17) is 4.74 Å². The van der Waals surface area contributed by atoms with Crippen molar-refractivity contribution in [2.45, 2.75) is 20.0 Å². The molecule has 7 nitrogen and oxygen atoms in total. The molecule has 3 rings (SSSR count). The molecule has 1 saturated heterocycles. The molecule has 0 aliphatic carbocycles. The van der Waals surface area contributed by atoms with Gasteiger partial charge in [0.2, 0.25) is 5.91 Å². The van der Waals surface area contributed by atoms with Crippen molar-refractivity contribution in [2.24, 2.45) is 0 Å². The van der Waals surface area contributed by atoms with Crippen LogP contribution < -0.4 is 10.2 Å². The summed E-state index contributed by atoms with van der Waals surface area (Å²) in [6.07, 6.45) is 3.56. The smallest absolute Gasteiger partial charge is 0.234 e. The summed E-state index contributed by atoms with van der Waals surface area (Å²) in [6, 6.07) is 8.59. The summed E-state index contributed by atoms with van der Waals surface area (Å²) in [5.74, 6) is 0.0542. The summed E-state index contributed by atoms with van der Waals surface area (Å²) < 4.78 is 7.10. The van der Waals surface area contributed by atoms with Crippen molar-refractivity contribution in [3.8, 4) is 0 Å². The van der Waals surface area contributed by atoms with Gasteiger partial charge < -0.3 is 19.5 Å². The van der Waals surface area contributed by atoms with E-state index in [1.807, 2.05) is 4.57 Å². The third-order valence-corrected chi connectivity index (χ3v) is 4.91. The molecule has 0 unspecified atom stereocenters. The number of imidazole rings is 1. The van der Waals surface area contributed by atoms with Crippen molar-refractivity contribution in [1.82, 2.24) is 19.8 Å². The van der Waals surface area contributed by atoms with E-state index < -0.39 is 0 Å². The average molecular weight is 371 g/mol. The number of aromatic nitrogens is 2. The molecular formula is C20H29N5O2. The van der Waals surface area contributed by atoms with E-state index in [-0.39, 0.29) is 5.91 Å². The number of benzene rings is 1. The van der Waals surface area contributed by atoms with Gasteiger partial charge in [0, 0.05) is 51.7 Å². The number of nitrogens with zero attached hydrogens (tertiary/aromatic N) is 4. The summed E-state index contributed by atoms with van der Waals surface area (Å²) in [5, 5.41) is 3.00. The molecule has 146 valence electrons. The molecule has 1 aliphatic rings. The van der Waals surface area contributed by atoms with Crippen LogP contribution in [-0.2, 0) is 22.6 Å². The summed E-state index contributed by atoms with van der Waals surface area (Å²) in [7, 11) is 1.68. The Hall–Kier alpha value is -2.38. The molecule has 1 aromatic carbocycles. The zero-order chi connectivity index (χ0) is 19.1. The topological polar surface area (TPSA) is 62.6 Å². The Morgan fingerprint density at radius 2 is 2.07 bits per heavy atom. The van der Waals surface area contributed by atoms with Crippen molar-refractivity contribution in [2.75, 3.05) is 51.3 Å². The van der Waals surface area contributed by atoms with Gasteiger partial charge in [-0.15, -0.1) is 0 Å². The second-order valence-electron chi connectivity index (χ2n) is 6.95. The Kier molecular flexibility index (Phi) is 6.84. The Bertz CT molecular complexity index is 737. The van der Waals surface area contributed by atoms with Crippen LogP contribution >= 0.6 is 0 Å². The van der Waals surface area contributed by atoms with Gasteiger partial charge in [-0.2, -0.15) is 0 Å². The minimum absolute atomic E-state index is 0.0542. The van der Waals surface area contributed by atoms with E-state index in [0.717, 1.165) is 38.4 Å². The maximum atomic E-state index is 12.3. The summed E-state index contributed by atoms with van der Waals surface area (Å²) in [4.78, 5) is 21.1. The first-order chi connectivity index (χ1) is 13.2. The van der Waals surface area contributed by atoms with E-state index in [9.17, 15) is 4.79 Å². The first kappa shape index (κ1) is 19.4. The second-order valence-corrected chi connectivity index (χ2v) is 6.95. The third kappa shape index (κ3) is 5.55. The molecule has 27 heavy (non-hydrogen) atoms. The van der Waals surface area contributed by atoms with Crippen LogP contribution in [0.15, 0.2) is 36.8 Å². The highest BCUT2D eigenvalue weighted by Crippen LogP contribution is 2.17. The quantitative estimate of drug-likeness (QED) is 0.757. The van der Waals surface area contributed by atoms with Crippen LogP contribution in [0.5, 0.6) is 0 Å². The molecule has 0 radical (unpaired) electrons. The van der Waals surface area contributed by atoms with Crippen LogP contribution in [0.4, 0.5) is 5.69 Å². The largest absolute Gasteiger partial charge is 0.383 e. The third-order valence-electron chi connectivity index (χ3n) is 4.91. The van der Waals surface area contributed by atoms with Gasteiger partial charge in [-0.05, 0) is 24.6 Å². The lowest BCUT2D eigenvalue weighted by atomic mass is 10.2. The molecule has 1 aromatic heterocycles. The van der Waals surface area contributed by atoms with Gasteiger partial charge >= 0.3 is 0 Å². The van der Waals surface area contributed by atoms with Crippen LogP contribution in [0.3, 0.4) is 0 Å². The average Bonchev–Trinajstić information content (AvgIpc) is 3.12. The summed E-state index contributed by atoms with van der Waals surface area (Å²) >= 11 is 0. The minimum Gasteiger partial charge on any atom is -0.383 e. The highest BCUT2D eigenvalue weighted by atomic mass is 16.5. The van der Waals surface area contributed by atoms with Gasteiger partial charge in [-0.3, -0.25) is 9.69 Å². The highest BCUT2D eigenvalue weighted by Gasteiger charge is 2.19. The number of ether oxygens (including phenoxy) is 1. The molecule has 1 N–H and O–H groups in total. The monoisotopic (exact) mass is 371 g/mol. The van der Waals surface area contributed by atoms with Crippen molar-refractivity contribution < 1.29 is 9.53 Å². The molecule has 7 heteroatoms. The number of carbonyl (C=O) groups excluding carboxylic acids is 1. The van der Waals surface area contributed by atoms with Crippen molar-refractivity contribution >= 4 is 11.6 Å². The molecule has 0 saturated carbocycles. The van der Waals surface area contributed by atoms with Gasteiger partial charge in [0.25, 0.3) is 0 Å². The Morgan fingerprint density at radius 1 is 1.26 bits per heavy atom. The van der Waals surface area contributed by atoms with Gasteiger partial charge in [0.15, 0.2) is 0 Å². The Morgan fingerprint density at radius 3 is 2.81 bits per heavy atom. The zero-order valence-corrected chi connectivity index (χ0v) is 16.2. The maximum absolute atomic E-state index is 12.3. The Labute approximate surface area is 160 Å². The number of piperazine rings is 1. The Balaban J connectivity index is 1.41. The molecular weight excluding hydrogens is 342 g/mol. The molecule has 1 aliphatic heterocycles. The predicted molar refractivity (Wildman–Crippen MR) is 106 cm³/mol. The van der Waals surface area contributed by atoms with Gasteiger partial charge in [-0.1, -0.05) is 12.1 Å². The SMILES string of the molecule is COCCn1cncc1CNC(=O)CN1CCN(c2cccc(C)c2)CC1. The maximum Gasteiger partial charge on any atom is 0.234 e. The molecule has 0 bridgehead atoms. The molecule has 0 spiro atoms. The van der Waals surface area contributed by atoms with Crippen LogP contribution in [-0.4, -0.2) is 66.8 Å². The van der Waals surface area contributed by atoms with E-state index in [2.05, 4.69) is 51.3 Å². The number of carbonyl (C=O) groups is 1. The van der Waals surface area contributed by atoms with Gasteiger partial charge in [0.1, 0.15) is 0 Å². The van der Waals surface area contributed by atoms with E-state index in [0.29, 0.717) is 19.7 Å². The first-order valence-electron chi connectivity index (χ1n) is 9.44. The lowest BCUT2D eigenvalue weighted by Crippen LogP contribution is -2.49. The van der Waals surface area contributed by atoms with Crippen molar-refractivity contribution in [3.05, 3.63) is 48.0 Å². The number of aryl methyl sites for hydroxylation is 1. The minimum atomic E-state index is 0.0542. The molecule has 2 heterocycles. The summed E-state index contributed by atoms with van der Waals surface area (Å²) in [5.41, 5.74) is 3.53. The fourth-order valence-electron chi connectivity index (χ4n) is 3.32. The fourth-order valence-corrected chi connectivity index (χ4v) is 3.32. The normalized spacial score (nSPS) is 15.1. The number of methoxy groups -OCH3 is 1. The molecule has 1 fully saturated rings. The van der Waals surface area contributed by atoms with Gasteiger partial charge in [0.05, 0.1) is 31.7 Å².